The van der Waals surface area contributed by atoms with Gasteiger partial charge in [-0.05, 0) is 42.1 Å². The molecular weight excluding hydrogens is 196 g/mol. The second-order valence-corrected chi connectivity index (χ2v) is 5.08. The van der Waals surface area contributed by atoms with Crippen LogP contribution in [0.5, 0.6) is 0 Å². The van der Waals surface area contributed by atoms with Gasteiger partial charge >= 0.3 is 0 Å². The lowest BCUT2D eigenvalue weighted by molar-refractivity contribution is 0.377. The Balaban J connectivity index is 2.33. The van der Waals surface area contributed by atoms with Crippen LogP contribution in [-0.4, -0.2) is 11.5 Å². The lowest BCUT2D eigenvalue weighted by Gasteiger charge is -2.22. The summed E-state index contributed by atoms with van der Waals surface area (Å²) in [5.41, 5.74) is 8.30. The van der Waals surface area contributed by atoms with E-state index in [1.54, 1.807) is 0 Å². The van der Waals surface area contributed by atoms with Gasteiger partial charge < -0.3 is 5.73 Å². The van der Waals surface area contributed by atoms with Crippen LogP contribution in [0.15, 0.2) is 36.5 Å². The van der Waals surface area contributed by atoms with Crippen LogP contribution in [0.2, 0.25) is 0 Å². The van der Waals surface area contributed by atoms with E-state index in [9.17, 15) is 0 Å². The summed E-state index contributed by atoms with van der Waals surface area (Å²) in [4.78, 5) is 4.31. The van der Waals surface area contributed by atoms with Crippen molar-refractivity contribution in [2.75, 3.05) is 6.54 Å². The summed E-state index contributed by atoms with van der Waals surface area (Å²) in [5, 5.41) is 1.20. The van der Waals surface area contributed by atoms with Gasteiger partial charge in [-0.2, -0.15) is 0 Å². The summed E-state index contributed by atoms with van der Waals surface area (Å²) in [6.07, 6.45) is 2.83. The molecule has 0 fully saturated rings. The van der Waals surface area contributed by atoms with Gasteiger partial charge in [-0.25, -0.2) is 0 Å². The third-order valence-corrected chi connectivity index (χ3v) is 2.90. The first kappa shape index (κ1) is 11.1. The van der Waals surface area contributed by atoms with E-state index in [2.05, 4.69) is 43.1 Å². The van der Waals surface area contributed by atoms with Gasteiger partial charge in [0.25, 0.3) is 0 Å². The number of rotatable bonds is 3. The molecule has 16 heavy (non-hydrogen) atoms. The van der Waals surface area contributed by atoms with Crippen LogP contribution < -0.4 is 5.73 Å². The van der Waals surface area contributed by atoms with E-state index in [0.717, 1.165) is 11.9 Å². The minimum absolute atomic E-state index is 0.163. The molecule has 0 saturated carbocycles. The van der Waals surface area contributed by atoms with Crippen LogP contribution in [0.3, 0.4) is 0 Å². The molecule has 0 bridgehead atoms. The molecule has 0 aliphatic rings. The highest BCUT2D eigenvalue weighted by atomic mass is 14.6. The predicted molar refractivity (Wildman–Crippen MR) is 68.3 cm³/mol. The highest BCUT2D eigenvalue weighted by Crippen LogP contribution is 2.22. The number of aromatic nitrogens is 1. The average molecular weight is 214 g/mol. The summed E-state index contributed by atoms with van der Waals surface area (Å²) in [5.74, 6) is 0. The molecular formula is C14H18N2. The molecule has 2 rings (SSSR count). The van der Waals surface area contributed by atoms with Crippen LogP contribution in [0, 0.1) is 5.41 Å². The van der Waals surface area contributed by atoms with Crippen LogP contribution in [0.4, 0.5) is 0 Å². The summed E-state index contributed by atoms with van der Waals surface area (Å²) >= 11 is 0. The molecule has 0 radical (unpaired) electrons. The number of pyridine rings is 1. The van der Waals surface area contributed by atoms with E-state index >= 15 is 0 Å². The van der Waals surface area contributed by atoms with Crippen LogP contribution in [-0.2, 0) is 6.42 Å². The standard InChI is InChI=1S/C14H18N2/c1-14(2,10-15)9-11-5-6-13-12(8-11)4-3-7-16-13/h3-8H,9-10,15H2,1-2H3. The summed E-state index contributed by atoms with van der Waals surface area (Å²) in [6, 6.07) is 10.5. The van der Waals surface area contributed by atoms with Crippen molar-refractivity contribution in [2.24, 2.45) is 11.1 Å². The van der Waals surface area contributed by atoms with Gasteiger partial charge in [0.1, 0.15) is 0 Å². The summed E-state index contributed by atoms with van der Waals surface area (Å²) in [7, 11) is 0. The number of nitrogens with zero attached hydrogens (tertiary/aromatic N) is 1. The molecule has 2 nitrogen and oxygen atoms in total. The molecule has 1 heterocycles. The zero-order valence-electron chi connectivity index (χ0n) is 9.90. The Bertz CT molecular complexity index is 489. The van der Waals surface area contributed by atoms with Crippen molar-refractivity contribution in [3.05, 3.63) is 42.1 Å². The molecule has 0 atom stereocenters. The third-order valence-electron chi connectivity index (χ3n) is 2.90. The van der Waals surface area contributed by atoms with Gasteiger partial charge in [-0.3, -0.25) is 4.98 Å². The maximum atomic E-state index is 5.75. The molecule has 0 amide bonds. The number of hydrogen-bond donors (Lipinski definition) is 1. The molecule has 1 aromatic carbocycles. The van der Waals surface area contributed by atoms with E-state index in [4.69, 9.17) is 5.73 Å². The zero-order valence-corrected chi connectivity index (χ0v) is 9.90. The smallest absolute Gasteiger partial charge is 0.0702 e. The van der Waals surface area contributed by atoms with Gasteiger partial charge in [0.15, 0.2) is 0 Å². The van der Waals surface area contributed by atoms with E-state index in [1.165, 1.54) is 10.9 Å². The van der Waals surface area contributed by atoms with Crippen molar-refractivity contribution in [3.8, 4) is 0 Å². The fourth-order valence-electron chi connectivity index (χ4n) is 1.86. The van der Waals surface area contributed by atoms with Gasteiger partial charge in [0, 0.05) is 11.6 Å². The first-order chi connectivity index (χ1) is 7.61. The van der Waals surface area contributed by atoms with Crippen LogP contribution >= 0.6 is 0 Å². The maximum absolute atomic E-state index is 5.75. The number of fused-ring (bicyclic) bond motifs is 1. The normalized spacial score (nSPS) is 11.9. The molecule has 2 aromatic rings. The Morgan fingerprint density at radius 1 is 1.25 bits per heavy atom. The van der Waals surface area contributed by atoms with Crippen molar-refractivity contribution in [1.29, 1.82) is 0 Å². The Kier molecular flexibility index (Phi) is 2.92. The van der Waals surface area contributed by atoms with Crippen molar-refractivity contribution in [1.82, 2.24) is 4.98 Å². The minimum atomic E-state index is 0.163. The SMILES string of the molecule is CC(C)(CN)Cc1ccc2ncccc2c1. The minimum Gasteiger partial charge on any atom is -0.330 e. The summed E-state index contributed by atoms with van der Waals surface area (Å²) < 4.78 is 0. The van der Waals surface area contributed by atoms with Gasteiger partial charge in [-0.1, -0.05) is 26.0 Å². The van der Waals surface area contributed by atoms with Crippen molar-refractivity contribution in [3.63, 3.8) is 0 Å². The molecule has 0 saturated heterocycles. The third kappa shape index (κ3) is 2.39. The van der Waals surface area contributed by atoms with E-state index in [1.807, 2.05) is 12.3 Å². The molecule has 2 N–H and O–H groups in total. The zero-order chi connectivity index (χ0) is 11.6. The van der Waals surface area contributed by atoms with Crippen LogP contribution in [0.25, 0.3) is 10.9 Å². The molecule has 1 aromatic heterocycles. The van der Waals surface area contributed by atoms with Gasteiger partial charge in [0.2, 0.25) is 0 Å². The van der Waals surface area contributed by atoms with Gasteiger partial charge in [0.05, 0.1) is 5.52 Å². The summed E-state index contributed by atoms with van der Waals surface area (Å²) in [6.45, 7) is 5.10. The molecule has 0 aliphatic carbocycles. The molecule has 0 aliphatic heterocycles. The van der Waals surface area contributed by atoms with Crippen LogP contribution in [0.1, 0.15) is 19.4 Å². The van der Waals surface area contributed by atoms with E-state index < -0.39 is 0 Å². The predicted octanol–water partition coefficient (Wildman–Crippen LogP) is 2.76. The van der Waals surface area contributed by atoms with E-state index in [-0.39, 0.29) is 5.41 Å². The average Bonchev–Trinajstić information content (AvgIpc) is 2.28. The highest BCUT2D eigenvalue weighted by Gasteiger charge is 2.16. The van der Waals surface area contributed by atoms with Gasteiger partial charge in [-0.15, -0.1) is 0 Å². The first-order valence-corrected chi connectivity index (χ1v) is 5.64. The van der Waals surface area contributed by atoms with Crippen molar-refractivity contribution >= 4 is 10.9 Å². The fourth-order valence-corrected chi connectivity index (χ4v) is 1.86. The van der Waals surface area contributed by atoms with Crippen molar-refractivity contribution in [2.45, 2.75) is 20.3 Å². The molecule has 0 spiro atoms. The number of nitrogens with two attached hydrogens (primary N) is 1. The lowest BCUT2D eigenvalue weighted by atomic mass is 9.86. The Morgan fingerprint density at radius 3 is 2.81 bits per heavy atom. The molecule has 2 heteroatoms. The quantitative estimate of drug-likeness (QED) is 0.853. The monoisotopic (exact) mass is 214 g/mol. The topological polar surface area (TPSA) is 38.9 Å². The Morgan fingerprint density at radius 2 is 2.06 bits per heavy atom. The fraction of sp³-hybridized carbons (Fsp3) is 0.357. The lowest BCUT2D eigenvalue weighted by Crippen LogP contribution is -2.25. The second-order valence-electron chi connectivity index (χ2n) is 5.08. The highest BCUT2D eigenvalue weighted by molar-refractivity contribution is 5.78. The van der Waals surface area contributed by atoms with E-state index in [0.29, 0.717) is 6.54 Å². The Hall–Kier alpha value is -1.41. The molecule has 84 valence electrons. The molecule has 0 unspecified atom stereocenters. The number of benzene rings is 1. The number of hydrogen-bond acceptors (Lipinski definition) is 2. The Labute approximate surface area is 96.5 Å². The first-order valence-electron chi connectivity index (χ1n) is 5.64. The second kappa shape index (κ2) is 4.22. The maximum Gasteiger partial charge on any atom is 0.0702 e. The van der Waals surface area contributed by atoms with Crippen molar-refractivity contribution < 1.29 is 0 Å². The largest absolute Gasteiger partial charge is 0.330 e.